The van der Waals surface area contributed by atoms with E-state index in [0.29, 0.717) is 0 Å². The molecule has 0 atom stereocenters. The van der Waals surface area contributed by atoms with Gasteiger partial charge in [-0.25, -0.2) is 0 Å². The lowest BCUT2D eigenvalue weighted by Crippen LogP contribution is -2.09. The van der Waals surface area contributed by atoms with Crippen LogP contribution in [0.15, 0.2) is 24.3 Å². The Morgan fingerprint density at radius 1 is 1.29 bits per heavy atom. The van der Waals surface area contributed by atoms with Gasteiger partial charge in [-0.1, -0.05) is 30.7 Å². The van der Waals surface area contributed by atoms with E-state index < -0.39 is 0 Å². The van der Waals surface area contributed by atoms with Gasteiger partial charge in [0.15, 0.2) is 0 Å². The van der Waals surface area contributed by atoms with Crippen LogP contribution in [0.25, 0.3) is 0 Å². The Morgan fingerprint density at radius 2 is 2.14 bits per heavy atom. The maximum absolute atomic E-state index is 5.51. The highest BCUT2D eigenvalue weighted by molar-refractivity contribution is 5.27. The predicted octanol–water partition coefficient (Wildman–Crippen LogP) is 2.85. The van der Waals surface area contributed by atoms with Gasteiger partial charge in [0.2, 0.25) is 0 Å². The Kier molecular flexibility index (Phi) is 3.20. The van der Waals surface area contributed by atoms with Crippen LogP contribution in [-0.4, -0.2) is 6.54 Å². The molecular weight excluding hydrogens is 170 g/mol. The summed E-state index contributed by atoms with van der Waals surface area (Å²) in [4.78, 5) is 0. The van der Waals surface area contributed by atoms with Crippen LogP contribution in [0.2, 0.25) is 0 Å². The van der Waals surface area contributed by atoms with Crippen LogP contribution in [-0.2, 0) is 6.42 Å². The predicted molar refractivity (Wildman–Crippen MR) is 60.4 cm³/mol. The molecule has 1 heteroatoms. The topological polar surface area (TPSA) is 26.0 Å². The molecule has 1 fully saturated rings. The molecule has 0 saturated heterocycles. The van der Waals surface area contributed by atoms with Gasteiger partial charge >= 0.3 is 0 Å². The van der Waals surface area contributed by atoms with Gasteiger partial charge in [-0.2, -0.15) is 0 Å². The average molecular weight is 189 g/mol. The van der Waals surface area contributed by atoms with E-state index in [4.69, 9.17) is 5.73 Å². The summed E-state index contributed by atoms with van der Waals surface area (Å²) in [5.41, 5.74) is 8.52. The third-order valence-corrected chi connectivity index (χ3v) is 3.20. The van der Waals surface area contributed by atoms with Crippen molar-refractivity contribution in [3.05, 3.63) is 35.4 Å². The van der Waals surface area contributed by atoms with Crippen molar-refractivity contribution >= 4 is 0 Å². The van der Waals surface area contributed by atoms with Gasteiger partial charge in [-0.15, -0.1) is 0 Å². The lowest BCUT2D eigenvalue weighted by Gasteiger charge is -2.26. The first kappa shape index (κ1) is 9.72. The van der Waals surface area contributed by atoms with Crippen molar-refractivity contribution in [2.75, 3.05) is 6.54 Å². The zero-order valence-electron chi connectivity index (χ0n) is 8.71. The standard InChI is InChI=1S/C13H19N/c14-9-3-5-11-4-1-8-13(10-11)12-6-2-7-12/h1,4,8,10,12H,2-3,5-7,9,14H2. The van der Waals surface area contributed by atoms with Crippen molar-refractivity contribution < 1.29 is 0 Å². The maximum Gasteiger partial charge on any atom is -0.00741 e. The lowest BCUT2D eigenvalue weighted by molar-refractivity contribution is 0.419. The van der Waals surface area contributed by atoms with Crippen molar-refractivity contribution in [3.63, 3.8) is 0 Å². The van der Waals surface area contributed by atoms with E-state index in [1.54, 1.807) is 5.56 Å². The number of hydrogen-bond acceptors (Lipinski definition) is 1. The first-order valence-corrected chi connectivity index (χ1v) is 5.69. The first-order chi connectivity index (χ1) is 6.90. The molecule has 2 N–H and O–H groups in total. The zero-order valence-corrected chi connectivity index (χ0v) is 8.71. The Morgan fingerprint density at radius 3 is 2.79 bits per heavy atom. The van der Waals surface area contributed by atoms with Crippen LogP contribution in [0.4, 0.5) is 0 Å². The highest BCUT2D eigenvalue weighted by atomic mass is 14.5. The molecule has 14 heavy (non-hydrogen) atoms. The van der Waals surface area contributed by atoms with E-state index in [2.05, 4.69) is 24.3 Å². The molecule has 0 aliphatic heterocycles. The molecule has 0 heterocycles. The van der Waals surface area contributed by atoms with Gasteiger partial charge in [-0.05, 0) is 49.3 Å². The largest absolute Gasteiger partial charge is 0.330 e. The Balaban J connectivity index is 2.02. The highest BCUT2D eigenvalue weighted by Gasteiger charge is 2.19. The normalized spacial score (nSPS) is 16.6. The van der Waals surface area contributed by atoms with E-state index in [-0.39, 0.29) is 0 Å². The third-order valence-electron chi connectivity index (χ3n) is 3.20. The Hall–Kier alpha value is -0.820. The minimum absolute atomic E-state index is 0.799. The van der Waals surface area contributed by atoms with E-state index >= 15 is 0 Å². The fourth-order valence-corrected chi connectivity index (χ4v) is 2.05. The van der Waals surface area contributed by atoms with E-state index in [1.165, 1.54) is 24.8 Å². The van der Waals surface area contributed by atoms with Crippen molar-refractivity contribution in [1.29, 1.82) is 0 Å². The van der Waals surface area contributed by atoms with Crippen molar-refractivity contribution in [1.82, 2.24) is 0 Å². The molecule has 1 aliphatic carbocycles. The minimum Gasteiger partial charge on any atom is -0.330 e. The van der Waals surface area contributed by atoms with E-state index in [1.807, 2.05) is 0 Å². The molecule has 0 bridgehead atoms. The number of aryl methyl sites for hydroxylation is 1. The highest BCUT2D eigenvalue weighted by Crippen LogP contribution is 2.36. The third kappa shape index (κ3) is 2.16. The van der Waals surface area contributed by atoms with Gasteiger partial charge in [-0.3, -0.25) is 0 Å². The van der Waals surface area contributed by atoms with Gasteiger partial charge in [0.1, 0.15) is 0 Å². The molecule has 0 aromatic heterocycles. The maximum atomic E-state index is 5.51. The second-order valence-corrected chi connectivity index (χ2v) is 4.27. The van der Waals surface area contributed by atoms with E-state index in [9.17, 15) is 0 Å². The van der Waals surface area contributed by atoms with Crippen LogP contribution in [0.5, 0.6) is 0 Å². The van der Waals surface area contributed by atoms with Crippen molar-refractivity contribution in [2.45, 2.75) is 38.0 Å². The summed E-state index contributed by atoms with van der Waals surface area (Å²) < 4.78 is 0. The minimum atomic E-state index is 0.799. The molecule has 2 rings (SSSR count). The second-order valence-electron chi connectivity index (χ2n) is 4.27. The fourth-order valence-electron chi connectivity index (χ4n) is 2.05. The number of rotatable bonds is 4. The SMILES string of the molecule is NCCCc1cccc(C2CCC2)c1. The van der Waals surface area contributed by atoms with Crippen LogP contribution in [0, 0.1) is 0 Å². The van der Waals surface area contributed by atoms with Gasteiger partial charge < -0.3 is 5.73 Å². The number of benzene rings is 1. The molecule has 1 nitrogen and oxygen atoms in total. The van der Waals surface area contributed by atoms with Crippen LogP contribution >= 0.6 is 0 Å². The summed E-state index contributed by atoms with van der Waals surface area (Å²) >= 11 is 0. The van der Waals surface area contributed by atoms with Crippen molar-refractivity contribution in [2.24, 2.45) is 5.73 Å². The zero-order chi connectivity index (χ0) is 9.80. The summed E-state index contributed by atoms with van der Waals surface area (Å²) in [7, 11) is 0. The van der Waals surface area contributed by atoms with Crippen LogP contribution in [0.1, 0.15) is 42.7 Å². The van der Waals surface area contributed by atoms with Crippen LogP contribution < -0.4 is 5.73 Å². The van der Waals surface area contributed by atoms with Gasteiger partial charge in [0.25, 0.3) is 0 Å². The molecule has 0 unspecified atom stereocenters. The Bertz CT molecular complexity index is 289. The Labute approximate surface area is 86.3 Å². The van der Waals surface area contributed by atoms with E-state index in [0.717, 1.165) is 25.3 Å². The quantitative estimate of drug-likeness (QED) is 0.774. The molecule has 0 radical (unpaired) electrons. The number of hydrogen-bond donors (Lipinski definition) is 1. The summed E-state index contributed by atoms with van der Waals surface area (Å²) in [6, 6.07) is 9.06. The van der Waals surface area contributed by atoms with Crippen molar-refractivity contribution in [3.8, 4) is 0 Å². The summed E-state index contributed by atoms with van der Waals surface area (Å²) in [5.74, 6) is 0.854. The second kappa shape index (κ2) is 4.61. The summed E-state index contributed by atoms with van der Waals surface area (Å²) in [6.45, 7) is 0.799. The average Bonchev–Trinajstić information content (AvgIpc) is 2.13. The smallest absolute Gasteiger partial charge is 0.00741 e. The fraction of sp³-hybridized carbons (Fsp3) is 0.538. The monoisotopic (exact) mass is 189 g/mol. The molecular formula is C13H19N. The lowest BCUT2D eigenvalue weighted by atomic mass is 9.79. The summed E-state index contributed by atoms with van der Waals surface area (Å²) in [5, 5.41) is 0. The molecule has 1 aromatic carbocycles. The van der Waals surface area contributed by atoms with Crippen LogP contribution in [0.3, 0.4) is 0 Å². The molecule has 0 spiro atoms. The van der Waals surface area contributed by atoms with Gasteiger partial charge in [0, 0.05) is 0 Å². The molecule has 1 aromatic rings. The summed E-state index contributed by atoms with van der Waals surface area (Å²) in [6.07, 6.45) is 6.43. The first-order valence-electron chi connectivity index (χ1n) is 5.69. The molecule has 1 aliphatic rings. The number of nitrogens with two attached hydrogens (primary N) is 1. The molecule has 1 saturated carbocycles. The molecule has 76 valence electrons. The molecule has 0 amide bonds. The van der Waals surface area contributed by atoms with Gasteiger partial charge in [0.05, 0.1) is 0 Å².